The van der Waals surface area contributed by atoms with Crippen molar-refractivity contribution in [3.8, 4) is 0 Å². The van der Waals surface area contributed by atoms with Gasteiger partial charge in [-0.1, -0.05) is 67.8 Å². The van der Waals surface area contributed by atoms with Crippen molar-refractivity contribution in [2.24, 2.45) is 0 Å². The van der Waals surface area contributed by atoms with Crippen molar-refractivity contribution in [1.29, 1.82) is 0 Å². The van der Waals surface area contributed by atoms with Crippen LogP contribution in [0.4, 0.5) is 10.1 Å². The Morgan fingerprint density at radius 1 is 0.976 bits per heavy atom. The predicted molar refractivity (Wildman–Crippen MR) is 158 cm³/mol. The van der Waals surface area contributed by atoms with E-state index in [1.165, 1.54) is 29.2 Å². The fourth-order valence-corrected chi connectivity index (χ4v) is 6.89. The van der Waals surface area contributed by atoms with E-state index in [-0.39, 0.29) is 23.4 Å². The fraction of sp³-hybridized carbons (Fsp3) is 0.375. The molecule has 9 heteroatoms. The van der Waals surface area contributed by atoms with Crippen molar-refractivity contribution in [3.63, 3.8) is 0 Å². The molecule has 0 bridgehead atoms. The average Bonchev–Trinajstić information content (AvgIpc) is 3.46. The number of amides is 2. The van der Waals surface area contributed by atoms with Gasteiger partial charge in [0.2, 0.25) is 11.8 Å². The number of aryl methyl sites for hydroxylation is 2. The zero-order valence-electron chi connectivity index (χ0n) is 23.8. The van der Waals surface area contributed by atoms with Crippen LogP contribution in [0.3, 0.4) is 0 Å². The van der Waals surface area contributed by atoms with Crippen molar-refractivity contribution in [3.05, 3.63) is 95.3 Å². The molecule has 1 aliphatic rings. The summed E-state index contributed by atoms with van der Waals surface area (Å²) in [4.78, 5) is 29.1. The quantitative estimate of drug-likeness (QED) is 0.325. The van der Waals surface area contributed by atoms with Crippen LogP contribution in [0.25, 0.3) is 0 Å². The van der Waals surface area contributed by atoms with E-state index in [1.54, 1.807) is 49.4 Å². The number of nitrogens with one attached hydrogen (secondary N) is 1. The maximum atomic E-state index is 14.2. The van der Waals surface area contributed by atoms with Crippen LogP contribution in [0.15, 0.2) is 77.7 Å². The van der Waals surface area contributed by atoms with E-state index in [0.717, 1.165) is 35.6 Å². The van der Waals surface area contributed by atoms with Gasteiger partial charge in [0.25, 0.3) is 10.0 Å². The molecule has 1 atom stereocenters. The monoisotopic (exact) mass is 579 g/mol. The molecule has 3 aromatic rings. The number of nitrogens with zero attached hydrogens (tertiary/aromatic N) is 2. The van der Waals surface area contributed by atoms with E-state index in [0.29, 0.717) is 23.2 Å². The van der Waals surface area contributed by atoms with Crippen LogP contribution in [-0.4, -0.2) is 43.8 Å². The maximum Gasteiger partial charge on any atom is 0.264 e. The molecule has 1 N–H and O–H groups in total. The van der Waals surface area contributed by atoms with Crippen molar-refractivity contribution in [2.75, 3.05) is 10.8 Å². The standard InChI is InChI=1S/C32H38FN3O4S/c1-4-29(32(38)34-27-10-8-9-11-27)35(21-25-15-17-26(33)18-16-25)31(37)22-36(30-19-14-23(2)20-24(30)3)41(39,40)28-12-6-5-7-13-28/h5-7,12-20,27,29H,4,8-11,21-22H2,1-3H3,(H,34,38). The molecule has 7 nitrogen and oxygen atoms in total. The lowest BCUT2D eigenvalue weighted by Gasteiger charge is -2.34. The SMILES string of the molecule is CCC(C(=O)NC1CCCC1)N(Cc1ccc(F)cc1)C(=O)CN(c1ccc(C)cc1C)S(=O)(=O)c1ccccc1. The Labute approximate surface area is 242 Å². The summed E-state index contributed by atoms with van der Waals surface area (Å²) in [6.45, 7) is 5.07. The van der Waals surface area contributed by atoms with Crippen molar-refractivity contribution in [2.45, 2.75) is 76.4 Å². The van der Waals surface area contributed by atoms with Gasteiger partial charge in [-0.15, -0.1) is 0 Å². The Bertz CT molecular complexity index is 1460. The van der Waals surface area contributed by atoms with Gasteiger partial charge < -0.3 is 10.2 Å². The first-order valence-corrected chi connectivity index (χ1v) is 15.5. The van der Waals surface area contributed by atoms with E-state index in [2.05, 4.69) is 5.32 Å². The minimum Gasteiger partial charge on any atom is -0.352 e. The smallest absolute Gasteiger partial charge is 0.264 e. The normalized spacial score (nSPS) is 14.4. The topological polar surface area (TPSA) is 86.8 Å². The molecule has 1 aliphatic carbocycles. The number of rotatable bonds is 11. The highest BCUT2D eigenvalue weighted by molar-refractivity contribution is 7.92. The Hall–Kier alpha value is -3.72. The van der Waals surface area contributed by atoms with Crippen LogP contribution in [0.2, 0.25) is 0 Å². The molecule has 4 rings (SSSR count). The van der Waals surface area contributed by atoms with E-state index < -0.39 is 34.3 Å². The number of hydrogen-bond acceptors (Lipinski definition) is 4. The molecular formula is C32H38FN3O4S. The Morgan fingerprint density at radius 3 is 2.24 bits per heavy atom. The van der Waals surface area contributed by atoms with Gasteiger partial charge in [0.1, 0.15) is 18.4 Å². The van der Waals surface area contributed by atoms with Crippen LogP contribution in [0, 0.1) is 19.7 Å². The third kappa shape index (κ3) is 7.33. The van der Waals surface area contributed by atoms with Crippen LogP contribution >= 0.6 is 0 Å². The predicted octanol–water partition coefficient (Wildman–Crippen LogP) is 5.50. The first-order valence-electron chi connectivity index (χ1n) is 14.1. The molecule has 1 unspecified atom stereocenters. The highest BCUT2D eigenvalue weighted by Gasteiger charge is 2.35. The minimum atomic E-state index is -4.13. The summed E-state index contributed by atoms with van der Waals surface area (Å²) in [5.74, 6) is -1.20. The highest BCUT2D eigenvalue weighted by Crippen LogP contribution is 2.28. The summed E-state index contributed by atoms with van der Waals surface area (Å²) < 4.78 is 42.7. The average molecular weight is 580 g/mol. The van der Waals surface area contributed by atoms with E-state index in [9.17, 15) is 22.4 Å². The van der Waals surface area contributed by atoms with Gasteiger partial charge in [0, 0.05) is 12.6 Å². The zero-order chi connectivity index (χ0) is 29.6. The molecule has 1 fully saturated rings. The second-order valence-corrected chi connectivity index (χ2v) is 12.5. The summed E-state index contributed by atoms with van der Waals surface area (Å²) in [6.07, 6.45) is 4.21. The summed E-state index contributed by atoms with van der Waals surface area (Å²) in [6, 6.07) is 18.3. The number of benzene rings is 3. The van der Waals surface area contributed by atoms with Gasteiger partial charge in [0.15, 0.2) is 0 Å². The molecule has 2 amide bonds. The van der Waals surface area contributed by atoms with E-state index in [1.807, 2.05) is 19.9 Å². The van der Waals surface area contributed by atoms with Gasteiger partial charge in [-0.3, -0.25) is 13.9 Å². The van der Waals surface area contributed by atoms with Gasteiger partial charge in [-0.2, -0.15) is 0 Å². The van der Waals surface area contributed by atoms with Crippen LogP contribution in [0.1, 0.15) is 55.7 Å². The molecular weight excluding hydrogens is 541 g/mol. The fourth-order valence-electron chi connectivity index (χ4n) is 5.39. The third-order valence-electron chi connectivity index (χ3n) is 7.58. The highest BCUT2D eigenvalue weighted by atomic mass is 32.2. The lowest BCUT2D eigenvalue weighted by Crippen LogP contribution is -2.53. The summed E-state index contributed by atoms with van der Waals surface area (Å²) in [7, 11) is -4.13. The van der Waals surface area contributed by atoms with Crippen LogP contribution in [0.5, 0.6) is 0 Å². The molecule has 1 saturated carbocycles. The van der Waals surface area contributed by atoms with Gasteiger partial charge in [-0.25, -0.2) is 12.8 Å². The maximum absolute atomic E-state index is 14.2. The van der Waals surface area contributed by atoms with E-state index >= 15 is 0 Å². The van der Waals surface area contributed by atoms with Gasteiger partial charge >= 0.3 is 0 Å². The van der Waals surface area contributed by atoms with Crippen LogP contribution in [-0.2, 0) is 26.2 Å². The minimum absolute atomic E-state index is 0.0296. The molecule has 0 heterocycles. The second kappa shape index (κ2) is 13.3. The zero-order valence-corrected chi connectivity index (χ0v) is 24.7. The number of anilines is 1. The van der Waals surface area contributed by atoms with Crippen molar-refractivity contribution >= 4 is 27.5 Å². The molecule has 218 valence electrons. The number of hydrogen-bond donors (Lipinski definition) is 1. The summed E-state index contributed by atoms with van der Waals surface area (Å²) in [5, 5.41) is 3.09. The van der Waals surface area contributed by atoms with Gasteiger partial charge in [-0.05, 0) is 74.6 Å². The van der Waals surface area contributed by atoms with Crippen molar-refractivity contribution < 1.29 is 22.4 Å². The number of carbonyl (C=O) groups is 2. The molecule has 0 spiro atoms. The molecule has 0 saturated heterocycles. The molecule has 0 radical (unpaired) electrons. The lowest BCUT2D eigenvalue weighted by molar-refractivity contribution is -0.140. The van der Waals surface area contributed by atoms with Gasteiger partial charge in [0.05, 0.1) is 10.6 Å². The Morgan fingerprint density at radius 2 is 1.63 bits per heavy atom. The Kier molecular flexibility index (Phi) is 9.81. The largest absolute Gasteiger partial charge is 0.352 e. The number of halogens is 1. The first kappa shape index (κ1) is 30.2. The van der Waals surface area contributed by atoms with E-state index in [4.69, 9.17) is 0 Å². The van der Waals surface area contributed by atoms with Crippen LogP contribution < -0.4 is 9.62 Å². The number of sulfonamides is 1. The first-order chi connectivity index (χ1) is 19.6. The molecule has 41 heavy (non-hydrogen) atoms. The Balaban J connectivity index is 1.72. The number of carbonyl (C=O) groups excluding carboxylic acids is 2. The summed E-state index contributed by atoms with van der Waals surface area (Å²) >= 11 is 0. The lowest BCUT2D eigenvalue weighted by atomic mass is 10.1. The second-order valence-electron chi connectivity index (χ2n) is 10.7. The van der Waals surface area contributed by atoms with Crippen molar-refractivity contribution in [1.82, 2.24) is 10.2 Å². The summed E-state index contributed by atoms with van der Waals surface area (Å²) in [5.41, 5.74) is 2.68. The molecule has 3 aromatic carbocycles. The third-order valence-corrected chi connectivity index (χ3v) is 9.36. The molecule has 0 aromatic heterocycles. The molecule has 0 aliphatic heterocycles.